The molecule has 0 saturated heterocycles. The van der Waals surface area contributed by atoms with Crippen molar-refractivity contribution in [3.05, 3.63) is 0 Å². The van der Waals surface area contributed by atoms with Crippen LogP contribution in [0.1, 0.15) is 53.4 Å². The van der Waals surface area contributed by atoms with Gasteiger partial charge in [0.2, 0.25) is 0 Å². The second kappa shape index (κ2) is 7.25. The normalized spacial score (nSPS) is 13.0. The lowest BCUT2D eigenvalue weighted by Crippen LogP contribution is -2.39. The Hall–Kier alpha value is -1.06. The third-order valence-electron chi connectivity index (χ3n) is 2.01. The van der Waals surface area contributed by atoms with Crippen molar-refractivity contribution in [3.63, 3.8) is 0 Å². The number of rotatable bonds is 6. The number of carbonyl (C=O) groups excluding carboxylic acids is 2. The van der Waals surface area contributed by atoms with Crippen molar-refractivity contribution in [3.8, 4) is 0 Å². The molecular weight excluding hydrogens is 206 g/mol. The molecule has 16 heavy (non-hydrogen) atoms. The molecule has 4 nitrogen and oxygen atoms in total. The SMILES string of the molecule is CCCCC(CC=O)NC(=O)OC(C)(C)C. The third-order valence-corrected chi connectivity index (χ3v) is 2.01. The van der Waals surface area contributed by atoms with Crippen LogP contribution in [0.5, 0.6) is 0 Å². The monoisotopic (exact) mass is 229 g/mol. The molecule has 1 atom stereocenters. The fourth-order valence-electron chi connectivity index (χ4n) is 1.29. The Balaban J connectivity index is 4.06. The smallest absolute Gasteiger partial charge is 0.407 e. The highest BCUT2D eigenvalue weighted by atomic mass is 16.6. The zero-order valence-corrected chi connectivity index (χ0v) is 10.7. The number of alkyl carbamates (subject to hydrolysis) is 1. The van der Waals surface area contributed by atoms with Gasteiger partial charge in [0.15, 0.2) is 0 Å². The summed E-state index contributed by atoms with van der Waals surface area (Å²) in [4.78, 5) is 21.9. The molecule has 0 spiro atoms. The van der Waals surface area contributed by atoms with Crippen LogP contribution in [0, 0.1) is 0 Å². The van der Waals surface area contributed by atoms with E-state index in [-0.39, 0.29) is 6.04 Å². The fourth-order valence-corrected chi connectivity index (χ4v) is 1.29. The lowest BCUT2D eigenvalue weighted by atomic mass is 10.1. The molecule has 1 unspecified atom stereocenters. The van der Waals surface area contributed by atoms with Crippen molar-refractivity contribution < 1.29 is 14.3 Å². The van der Waals surface area contributed by atoms with Gasteiger partial charge in [-0.05, 0) is 27.2 Å². The Morgan fingerprint density at radius 3 is 2.50 bits per heavy atom. The molecule has 0 aromatic carbocycles. The van der Waals surface area contributed by atoms with E-state index in [1.807, 2.05) is 20.8 Å². The van der Waals surface area contributed by atoms with Gasteiger partial charge in [0.05, 0.1) is 0 Å². The first-order valence-electron chi connectivity index (χ1n) is 5.82. The summed E-state index contributed by atoms with van der Waals surface area (Å²) in [6.45, 7) is 7.51. The van der Waals surface area contributed by atoms with E-state index in [9.17, 15) is 9.59 Å². The second-order valence-electron chi connectivity index (χ2n) is 4.89. The number of ether oxygens (including phenoxy) is 1. The first-order valence-corrected chi connectivity index (χ1v) is 5.82. The number of hydrogen-bond acceptors (Lipinski definition) is 3. The largest absolute Gasteiger partial charge is 0.444 e. The van der Waals surface area contributed by atoms with E-state index in [0.717, 1.165) is 25.5 Å². The van der Waals surface area contributed by atoms with E-state index in [0.29, 0.717) is 6.42 Å². The van der Waals surface area contributed by atoms with E-state index in [1.165, 1.54) is 0 Å². The lowest BCUT2D eigenvalue weighted by Gasteiger charge is -2.22. The molecule has 0 aliphatic heterocycles. The molecule has 1 N–H and O–H groups in total. The molecule has 0 fully saturated rings. The van der Waals surface area contributed by atoms with Crippen LogP contribution in [0.4, 0.5) is 4.79 Å². The van der Waals surface area contributed by atoms with Crippen LogP contribution in [0.15, 0.2) is 0 Å². The number of unbranched alkanes of at least 4 members (excludes halogenated alkanes) is 1. The van der Waals surface area contributed by atoms with Gasteiger partial charge < -0.3 is 14.8 Å². The van der Waals surface area contributed by atoms with Gasteiger partial charge in [-0.25, -0.2) is 4.79 Å². The highest BCUT2D eigenvalue weighted by Gasteiger charge is 2.18. The van der Waals surface area contributed by atoms with Crippen molar-refractivity contribution >= 4 is 12.4 Å². The van der Waals surface area contributed by atoms with Gasteiger partial charge >= 0.3 is 6.09 Å². The van der Waals surface area contributed by atoms with E-state index >= 15 is 0 Å². The molecule has 0 aromatic heterocycles. The number of nitrogens with one attached hydrogen (secondary N) is 1. The molecule has 94 valence electrons. The summed E-state index contributed by atoms with van der Waals surface area (Å²) in [6.07, 6.45) is 3.58. The van der Waals surface area contributed by atoms with Crippen molar-refractivity contribution in [1.29, 1.82) is 0 Å². The summed E-state index contributed by atoms with van der Waals surface area (Å²) in [7, 11) is 0. The average Bonchev–Trinajstić information content (AvgIpc) is 2.11. The van der Waals surface area contributed by atoms with Crippen LogP contribution < -0.4 is 5.32 Å². The van der Waals surface area contributed by atoms with E-state index in [2.05, 4.69) is 12.2 Å². The average molecular weight is 229 g/mol. The molecule has 0 aliphatic rings. The summed E-state index contributed by atoms with van der Waals surface area (Å²) in [5.74, 6) is 0. The minimum atomic E-state index is -0.499. The number of carbonyl (C=O) groups is 2. The number of amides is 1. The maximum absolute atomic E-state index is 11.5. The maximum Gasteiger partial charge on any atom is 0.407 e. The van der Waals surface area contributed by atoms with Crippen molar-refractivity contribution in [1.82, 2.24) is 5.32 Å². The Bertz CT molecular complexity index is 221. The Morgan fingerprint density at radius 1 is 1.44 bits per heavy atom. The highest BCUT2D eigenvalue weighted by molar-refractivity contribution is 5.68. The van der Waals surface area contributed by atoms with Gasteiger partial charge in [-0.15, -0.1) is 0 Å². The summed E-state index contributed by atoms with van der Waals surface area (Å²) in [5, 5.41) is 2.72. The van der Waals surface area contributed by atoms with Gasteiger partial charge in [-0.2, -0.15) is 0 Å². The Kier molecular flexibility index (Phi) is 6.77. The van der Waals surface area contributed by atoms with Crippen LogP contribution in [0.25, 0.3) is 0 Å². The van der Waals surface area contributed by atoms with Gasteiger partial charge in [-0.1, -0.05) is 19.8 Å². The van der Waals surface area contributed by atoms with Crippen molar-refractivity contribution in [2.45, 2.75) is 65.0 Å². The van der Waals surface area contributed by atoms with Crippen LogP contribution in [0.2, 0.25) is 0 Å². The quantitative estimate of drug-likeness (QED) is 0.712. The third kappa shape index (κ3) is 8.26. The number of hydrogen-bond donors (Lipinski definition) is 1. The Labute approximate surface area is 97.7 Å². The lowest BCUT2D eigenvalue weighted by molar-refractivity contribution is -0.108. The van der Waals surface area contributed by atoms with Gasteiger partial charge in [0.25, 0.3) is 0 Å². The highest BCUT2D eigenvalue weighted by Crippen LogP contribution is 2.09. The molecule has 1 amide bonds. The Morgan fingerprint density at radius 2 is 2.06 bits per heavy atom. The van der Waals surface area contributed by atoms with Crippen LogP contribution in [-0.4, -0.2) is 24.0 Å². The summed E-state index contributed by atoms with van der Waals surface area (Å²) in [5.41, 5.74) is -0.499. The maximum atomic E-state index is 11.5. The van der Waals surface area contributed by atoms with Crippen molar-refractivity contribution in [2.75, 3.05) is 0 Å². The molecule has 0 rings (SSSR count). The minimum Gasteiger partial charge on any atom is -0.444 e. The van der Waals surface area contributed by atoms with E-state index in [4.69, 9.17) is 4.74 Å². The summed E-state index contributed by atoms with van der Waals surface area (Å²) < 4.78 is 5.13. The molecular formula is C12H23NO3. The van der Waals surface area contributed by atoms with Crippen LogP contribution in [-0.2, 0) is 9.53 Å². The standard InChI is InChI=1S/C12H23NO3/c1-5-6-7-10(8-9-14)13-11(15)16-12(2,3)4/h9-10H,5-8H2,1-4H3,(H,13,15). The van der Waals surface area contributed by atoms with Crippen molar-refractivity contribution in [2.24, 2.45) is 0 Å². The second-order valence-corrected chi connectivity index (χ2v) is 4.89. The minimum absolute atomic E-state index is 0.104. The number of aldehydes is 1. The van der Waals surface area contributed by atoms with Crippen LogP contribution in [0.3, 0.4) is 0 Å². The molecule has 0 aromatic rings. The van der Waals surface area contributed by atoms with E-state index < -0.39 is 11.7 Å². The molecule has 4 heteroatoms. The first kappa shape index (κ1) is 14.9. The van der Waals surface area contributed by atoms with E-state index in [1.54, 1.807) is 0 Å². The predicted octanol–water partition coefficient (Wildman–Crippen LogP) is 2.66. The van der Waals surface area contributed by atoms with Crippen LogP contribution >= 0.6 is 0 Å². The molecule has 0 saturated carbocycles. The zero-order chi connectivity index (χ0) is 12.6. The summed E-state index contributed by atoms with van der Waals surface area (Å²) >= 11 is 0. The van der Waals surface area contributed by atoms with Gasteiger partial charge in [0.1, 0.15) is 11.9 Å². The molecule has 0 heterocycles. The summed E-state index contributed by atoms with van der Waals surface area (Å²) in [6, 6.07) is -0.104. The van der Waals surface area contributed by atoms with Gasteiger partial charge in [0, 0.05) is 12.5 Å². The molecule has 0 radical (unpaired) electrons. The zero-order valence-electron chi connectivity index (χ0n) is 10.7. The topological polar surface area (TPSA) is 55.4 Å². The fraction of sp³-hybridized carbons (Fsp3) is 0.833. The predicted molar refractivity (Wildman–Crippen MR) is 63.4 cm³/mol. The molecule has 0 bridgehead atoms. The molecule has 0 aliphatic carbocycles. The first-order chi connectivity index (χ1) is 7.39. The van der Waals surface area contributed by atoms with Gasteiger partial charge in [-0.3, -0.25) is 0 Å².